The Morgan fingerprint density at radius 2 is 1.55 bits per heavy atom. The summed E-state index contributed by atoms with van der Waals surface area (Å²) in [5, 5.41) is 2.80. The number of aryl methyl sites for hydroxylation is 1. The molecule has 31 heavy (non-hydrogen) atoms. The second-order valence-corrected chi connectivity index (χ2v) is 8.60. The molecular weight excluding hydrogens is 416 g/mol. The Morgan fingerprint density at radius 1 is 0.871 bits per heavy atom. The molecule has 3 aromatic rings. The number of ether oxygens (including phenoxy) is 2. The fraction of sp³-hybridized carbons (Fsp3) is 0.174. The zero-order valence-electron chi connectivity index (χ0n) is 17.7. The van der Waals surface area contributed by atoms with Crippen molar-refractivity contribution in [3.8, 4) is 11.5 Å². The zero-order valence-corrected chi connectivity index (χ0v) is 18.5. The molecule has 0 fully saturated rings. The van der Waals surface area contributed by atoms with Crippen LogP contribution >= 0.6 is 0 Å². The van der Waals surface area contributed by atoms with Crippen molar-refractivity contribution in [2.75, 3.05) is 24.3 Å². The summed E-state index contributed by atoms with van der Waals surface area (Å²) in [6.07, 6.45) is 0. The van der Waals surface area contributed by atoms with E-state index >= 15 is 0 Å². The Kier molecular flexibility index (Phi) is 6.50. The molecule has 0 saturated carbocycles. The van der Waals surface area contributed by atoms with Gasteiger partial charge < -0.3 is 14.8 Å². The lowest BCUT2D eigenvalue weighted by atomic mass is 10.1. The molecule has 0 atom stereocenters. The fourth-order valence-electron chi connectivity index (χ4n) is 3.03. The van der Waals surface area contributed by atoms with Crippen molar-refractivity contribution >= 4 is 27.3 Å². The van der Waals surface area contributed by atoms with Crippen LogP contribution in [0.4, 0.5) is 11.4 Å². The van der Waals surface area contributed by atoms with Gasteiger partial charge in [0.25, 0.3) is 15.9 Å². The largest absolute Gasteiger partial charge is 0.493 e. The third kappa shape index (κ3) is 4.97. The van der Waals surface area contributed by atoms with Crippen LogP contribution in [0.3, 0.4) is 0 Å². The van der Waals surface area contributed by atoms with Crippen LogP contribution in [0, 0.1) is 13.8 Å². The van der Waals surface area contributed by atoms with E-state index in [4.69, 9.17) is 9.47 Å². The molecule has 8 heteroatoms. The van der Waals surface area contributed by atoms with E-state index in [-0.39, 0.29) is 10.8 Å². The maximum absolute atomic E-state index is 12.9. The van der Waals surface area contributed by atoms with Crippen molar-refractivity contribution in [3.63, 3.8) is 0 Å². The molecule has 0 aliphatic rings. The molecule has 0 aliphatic heterocycles. The van der Waals surface area contributed by atoms with Crippen LogP contribution in [-0.2, 0) is 10.0 Å². The van der Waals surface area contributed by atoms with Gasteiger partial charge in [-0.1, -0.05) is 23.8 Å². The second-order valence-electron chi connectivity index (χ2n) is 6.92. The van der Waals surface area contributed by atoms with E-state index in [1.807, 2.05) is 6.92 Å². The Morgan fingerprint density at radius 3 is 2.19 bits per heavy atom. The standard InChI is InChI=1S/C23H24N2O5S/c1-15-8-11-18(12-9-15)31(27,28)25-20-7-5-6-19(16(20)2)23(26)24-17-10-13-21(29-3)22(14-17)30-4/h5-14,25H,1-4H3,(H,24,26). The van der Waals surface area contributed by atoms with Crippen molar-refractivity contribution in [1.29, 1.82) is 0 Å². The molecule has 0 bridgehead atoms. The third-order valence-corrected chi connectivity index (χ3v) is 6.18. The maximum atomic E-state index is 12.9. The van der Waals surface area contributed by atoms with Crippen molar-refractivity contribution in [3.05, 3.63) is 77.4 Å². The molecule has 0 radical (unpaired) electrons. The Bertz CT molecular complexity index is 1210. The number of sulfonamides is 1. The first kappa shape index (κ1) is 22.2. The van der Waals surface area contributed by atoms with Gasteiger partial charge in [0.1, 0.15) is 0 Å². The van der Waals surface area contributed by atoms with Gasteiger partial charge in [-0.05, 0) is 55.8 Å². The highest BCUT2D eigenvalue weighted by atomic mass is 32.2. The van der Waals surface area contributed by atoms with Crippen molar-refractivity contribution in [2.45, 2.75) is 18.7 Å². The first-order valence-electron chi connectivity index (χ1n) is 9.47. The van der Waals surface area contributed by atoms with Crippen LogP contribution in [0.15, 0.2) is 65.6 Å². The summed E-state index contributed by atoms with van der Waals surface area (Å²) in [6, 6.07) is 16.5. The minimum Gasteiger partial charge on any atom is -0.493 e. The molecule has 162 valence electrons. The van der Waals surface area contributed by atoms with Crippen LogP contribution in [0.25, 0.3) is 0 Å². The number of rotatable bonds is 7. The van der Waals surface area contributed by atoms with Crippen LogP contribution in [-0.4, -0.2) is 28.5 Å². The van der Waals surface area contributed by atoms with Crippen LogP contribution in [0.2, 0.25) is 0 Å². The smallest absolute Gasteiger partial charge is 0.261 e. The van der Waals surface area contributed by atoms with Gasteiger partial charge in [-0.3, -0.25) is 9.52 Å². The lowest BCUT2D eigenvalue weighted by molar-refractivity contribution is 0.102. The first-order valence-corrected chi connectivity index (χ1v) is 11.0. The van der Waals surface area contributed by atoms with Gasteiger partial charge >= 0.3 is 0 Å². The summed E-state index contributed by atoms with van der Waals surface area (Å²) in [7, 11) is -0.741. The van der Waals surface area contributed by atoms with E-state index in [0.717, 1.165) is 5.56 Å². The van der Waals surface area contributed by atoms with Crippen molar-refractivity contribution < 1.29 is 22.7 Å². The normalized spacial score (nSPS) is 11.0. The van der Waals surface area contributed by atoms with Gasteiger partial charge in [-0.2, -0.15) is 0 Å². The van der Waals surface area contributed by atoms with Crippen LogP contribution < -0.4 is 19.5 Å². The van der Waals surface area contributed by atoms with E-state index in [9.17, 15) is 13.2 Å². The summed E-state index contributed by atoms with van der Waals surface area (Å²) in [5.41, 5.74) is 2.67. The van der Waals surface area contributed by atoms with E-state index in [0.29, 0.717) is 34.0 Å². The molecule has 2 N–H and O–H groups in total. The predicted molar refractivity (Wildman–Crippen MR) is 121 cm³/mol. The maximum Gasteiger partial charge on any atom is 0.261 e. The van der Waals surface area contributed by atoms with E-state index < -0.39 is 10.0 Å². The molecule has 0 aliphatic carbocycles. The topological polar surface area (TPSA) is 93.7 Å². The minimum absolute atomic E-state index is 0.151. The summed E-state index contributed by atoms with van der Waals surface area (Å²) in [5.74, 6) is 0.655. The number of amides is 1. The number of nitrogens with one attached hydrogen (secondary N) is 2. The lowest BCUT2D eigenvalue weighted by Crippen LogP contribution is -2.17. The molecule has 1 amide bonds. The molecule has 0 saturated heterocycles. The van der Waals surface area contributed by atoms with E-state index in [1.165, 1.54) is 14.2 Å². The van der Waals surface area contributed by atoms with Crippen molar-refractivity contribution in [2.24, 2.45) is 0 Å². The predicted octanol–water partition coefficient (Wildman–Crippen LogP) is 4.37. The molecule has 3 rings (SSSR count). The second kappa shape index (κ2) is 9.09. The van der Waals surface area contributed by atoms with Gasteiger partial charge in [0, 0.05) is 17.3 Å². The highest BCUT2D eigenvalue weighted by Crippen LogP contribution is 2.30. The number of carbonyl (C=O) groups is 1. The van der Waals surface area contributed by atoms with E-state index in [2.05, 4.69) is 10.0 Å². The van der Waals surface area contributed by atoms with Gasteiger partial charge in [0.15, 0.2) is 11.5 Å². The molecule has 0 heterocycles. The molecule has 0 aromatic heterocycles. The summed E-state index contributed by atoms with van der Waals surface area (Å²) < 4.78 is 38.5. The van der Waals surface area contributed by atoms with Crippen molar-refractivity contribution in [1.82, 2.24) is 0 Å². The molecule has 0 unspecified atom stereocenters. The number of benzene rings is 3. The summed E-state index contributed by atoms with van der Waals surface area (Å²) >= 11 is 0. The first-order chi connectivity index (χ1) is 14.7. The molecule has 3 aromatic carbocycles. The summed E-state index contributed by atoms with van der Waals surface area (Å²) in [6.45, 7) is 3.57. The third-order valence-electron chi connectivity index (χ3n) is 4.80. The number of hydrogen-bond donors (Lipinski definition) is 2. The van der Waals surface area contributed by atoms with Crippen LogP contribution in [0.1, 0.15) is 21.5 Å². The highest BCUT2D eigenvalue weighted by Gasteiger charge is 2.18. The van der Waals surface area contributed by atoms with Gasteiger partial charge in [-0.15, -0.1) is 0 Å². The zero-order chi connectivity index (χ0) is 22.6. The number of hydrogen-bond acceptors (Lipinski definition) is 5. The quantitative estimate of drug-likeness (QED) is 0.569. The van der Waals surface area contributed by atoms with E-state index in [1.54, 1.807) is 67.6 Å². The van der Waals surface area contributed by atoms with Gasteiger partial charge in [-0.25, -0.2) is 8.42 Å². The molecular formula is C23H24N2O5S. The highest BCUT2D eigenvalue weighted by molar-refractivity contribution is 7.92. The molecule has 0 spiro atoms. The van der Waals surface area contributed by atoms with Crippen LogP contribution in [0.5, 0.6) is 11.5 Å². The monoisotopic (exact) mass is 440 g/mol. The van der Waals surface area contributed by atoms with Gasteiger partial charge in [0.2, 0.25) is 0 Å². The number of methoxy groups -OCH3 is 2. The SMILES string of the molecule is COc1ccc(NC(=O)c2cccc(NS(=O)(=O)c3ccc(C)cc3)c2C)cc1OC. The average molecular weight is 441 g/mol. The molecule has 7 nitrogen and oxygen atoms in total. The van der Waals surface area contributed by atoms with Gasteiger partial charge in [0.05, 0.1) is 24.8 Å². The summed E-state index contributed by atoms with van der Waals surface area (Å²) in [4.78, 5) is 13.0. The average Bonchev–Trinajstić information content (AvgIpc) is 2.75. The number of anilines is 2. The Hall–Kier alpha value is -3.52. The Balaban J connectivity index is 1.85. The fourth-order valence-corrected chi connectivity index (χ4v) is 4.15. The minimum atomic E-state index is -3.78. The number of carbonyl (C=O) groups excluding carboxylic acids is 1. The lowest BCUT2D eigenvalue weighted by Gasteiger charge is -2.15. The Labute approximate surface area is 182 Å².